The van der Waals surface area contributed by atoms with Gasteiger partial charge in [-0.2, -0.15) is 0 Å². The average molecular weight is 160 g/mol. The van der Waals surface area contributed by atoms with Gasteiger partial charge in [-0.3, -0.25) is 4.99 Å². The van der Waals surface area contributed by atoms with Gasteiger partial charge in [0.1, 0.15) is 6.34 Å². The third kappa shape index (κ3) is 2.02. The van der Waals surface area contributed by atoms with Crippen LogP contribution in [-0.2, 0) is 0 Å². The van der Waals surface area contributed by atoms with Crippen molar-refractivity contribution in [3.05, 3.63) is 29.3 Å². The first-order valence-corrected chi connectivity index (χ1v) is 3.79. The van der Waals surface area contributed by atoms with Gasteiger partial charge in [-0.25, -0.2) is 4.99 Å². The molecule has 12 heavy (non-hydrogen) atoms. The van der Waals surface area contributed by atoms with E-state index >= 15 is 0 Å². The van der Waals surface area contributed by atoms with Crippen molar-refractivity contribution in [2.24, 2.45) is 9.98 Å². The Labute approximate surface area is 72.7 Å². The van der Waals surface area contributed by atoms with E-state index in [0.717, 1.165) is 11.3 Å². The second kappa shape index (κ2) is 3.81. The van der Waals surface area contributed by atoms with Crippen LogP contribution in [0, 0.1) is 13.8 Å². The normalized spacial score (nSPS) is 10.5. The number of nitrogens with zero attached hydrogens (tertiary/aromatic N) is 2. The lowest BCUT2D eigenvalue weighted by atomic mass is 10.1. The minimum absolute atomic E-state index is 0.952. The Morgan fingerprint density at radius 3 is 2.67 bits per heavy atom. The van der Waals surface area contributed by atoms with Crippen molar-refractivity contribution in [3.63, 3.8) is 0 Å². The molecule has 0 aromatic heterocycles. The van der Waals surface area contributed by atoms with Crippen LogP contribution in [0.25, 0.3) is 0 Å². The number of aliphatic imine (C=N–C) groups is 2. The van der Waals surface area contributed by atoms with E-state index in [1.807, 2.05) is 19.1 Å². The number of hydrogen-bond donors (Lipinski definition) is 0. The molecule has 0 saturated carbocycles. The second-order valence-electron chi connectivity index (χ2n) is 2.72. The SMILES string of the molecule is C=N/C=N\c1ccc(C)cc1C. The molecule has 0 N–H and O–H groups in total. The van der Waals surface area contributed by atoms with Crippen LogP contribution in [0.5, 0.6) is 0 Å². The maximum absolute atomic E-state index is 4.11. The smallest absolute Gasteiger partial charge is 0.115 e. The zero-order valence-corrected chi connectivity index (χ0v) is 7.41. The summed E-state index contributed by atoms with van der Waals surface area (Å²) >= 11 is 0. The highest BCUT2D eigenvalue weighted by atomic mass is 14.8. The van der Waals surface area contributed by atoms with Crippen molar-refractivity contribution in [2.75, 3.05) is 0 Å². The van der Waals surface area contributed by atoms with Gasteiger partial charge in [-0.1, -0.05) is 17.7 Å². The van der Waals surface area contributed by atoms with Crippen LogP contribution in [0.1, 0.15) is 11.1 Å². The molecule has 0 aliphatic heterocycles. The molecule has 0 spiro atoms. The molecule has 0 unspecified atom stereocenters. The van der Waals surface area contributed by atoms with Crippen LogP contribution >= 0.6 is 0 Å². The average Bonchev–Trinajstić information content (AvgIpc) is 2.03. The lowest BCUT2D eigenvalue weighted by molar-refractivity contribution is 1.35. The summed E-state index contributed by atoms with van der Waals surface area (Å²) in [5.74, 6) is 0. The van der Waals surface area contributed by atoms with Gasteiger partial charge in [0.05, 0.1) is 5.69 Å². The summed E-state index contributed by atoms with van der Waals surface area (Å²) in [7, 11) is 0. The van der Waals surface area contributed by atoms with Crippen LogP contribution in [-0.4, -0.2) is 13.1 Å². The zero-order chi connectivity index (χ0) is 8.97. The van der Waals surface area contributed by atoms with Gasteiger partial charge in [0.2, 0.25) is 0 Å². The topological polar surface area (TPSA) is 24.7 Å². The lowest BCUT2D eigenvalue weighted by Crippen LogP contribution is -1.77. The fourth-order valence-electron chi connectivity index (χ4n) is 1.05. The predicted molar refractivity (Wildman–Crippen MR) is 53.6 cm³/mol. The molecular weight excluding hydrogens is 148 g/mol. The minimum atomic E-state index is 0.952. The molecule has 0 fully saturated rings. The Morgan fingerprint density at radius 2 is 2.08 bits per heavy atom. The van der Waals surface area contributed by atoms with Gasteiger partial charge in [0, 0.05) is 0 Å². The molecule has 0 aliphatic carbocycles. The molecule has 2 nitrogen and oxygen atoms in total. The first-order valence-electron chi connectivity index (χ1n) is 3.79. The monoisotopic (exact) mass is 160 g/mol. The van der Waals surface area contributed by atoms with E-state index in [0.29, 0.717) is 0 Å². The third-order valence-corrected chi connectivity index (χ3v) is 1.63. The van der Waals surface area contributed by atoms with Crippen molar-refractivity contribution in [3.8, 4) is 0 Å². The lowest BCUT2D eigenvalue weighted by Gasteiger charge is -1.99. The summed E-state index contributed by atoms with van der Waals surface area (Å²) in [5, 5.41) is 0. The van der Waals surface area contributed by atoms with Gasteiger partial charge in [-0.15, -0.1) is 0 Å². The summed E-state index contributed by atoms with van der Waals surface area (Å²) in [6.45, 7) is 7.42. The van der Waals surface area contributed by atoms with Gasteiger partial charge in [-0.05, 0) is 32.2 Å². The molecule has 0 amide bonds. The van der Waals surface area contributed by atoms with Crippen molar-refractivity contribution < 1.29 is 0 Å². The van der Waals surface area contributed by atoms with Gasteiger partial charge in [0.25, 0.3) is 0 Å². The van der Waals surface area contributed by atoms with E-state index in [4.69, 9.17) is 0 Å². The highest BCUT2D eigenvalue weighted by Crippen LogP contribution is 2.18. The molecule has 1 rings (SSSR count). The summed E-state index contributed by atoms with van der Waals surface area (Å²) in [4.78, 5) is 7.66. The van der Waals surface area contributed by atoms with Crippen molar-refractivity contribution in [1.82, 2.24) is 0 Å². The molecule has 1 aromatic carbocycles. The van der Waals surface area contributed by atoms with E-state index in [1.165, 1.54) is 11.9 Å². The van der Waals surface area contributed by atoms with Gasteiger partial charge < -0.3 is 0 Å². The number of benzene rings is 1. The van der Waals surface area contributed by atoms with E-state index in [9.17, 15) is 0 Å². The molecule has 2 heteroatoms. The number of rotatable bonds is 2. The molecule has 0 atom stereocenters. The molecular formula is C10H12N2. The Bertz CT molecular complexity index is 314. The Morgan fingerprint density at radius 1 is 1.33 bits per heavy atom. The Hall–Kier alpha value is -1.44. The molecule has 62 valence electrons. The van der Waals surface area contributed by atoms with Crippen LogP contribution < -0.4 is 0 Å². The Balaban J connectivity index is 3.01. The summed E-state index contributed by atoms with van der Waals surface area (Å²) in [6, 6.07) is 6.10. The van der Waals surface area contributed by atoms with Gasteiger partial charge >= 0.3 is 0 Å². The summed E-state index contributed by atoms with van der Waals surface area (Å²) in [5.41, 5.74) is 3.36. The van der Waals surface area contributed by atoms with Crippen LogP contribution in [0.2, 0.25) is 0 Å². The highest BCUT2D eigenvalue weighted by Gasteiger charge is 1.93. The van der Waals surface area contributed by atoms with Crippen LogP contribution in [0.4, 0.5) is 5.69 Å². The van der Waals surface area contributed by atoms with Crippen LogP contribution in [0.3, 0.4) is 0 Å². The van der Waals surface area contributed by atoms with Gasteiger partial charge in [0.15, 0.2) is 0 Å². The van der Waals surface area contributed by atoms with Crippen molar-refractivity contribution in [1.29, 1.82) is 0 Å². The predicted octanol–water partition coefficient (Wildman–Crippen LogP) is 2.66. The minimum Gasteiger partial charge on any atom is -0.253 e. The Kier molecular flexibility index (Phi) is 2.75. The largest absolute Gasteiger partial charge is 0.253 e. The standard InChI is InChI=1S/C10H12N2/c1-8-4-5-10(9(2)6-8)12-7-11-3/h4-7H,3H2,1-2H3/b12-7-. The molecule has 0 radical (unpaired) electrons. The highest BCUT2D eigenvalue weighted by molar-refractivity contribution is 5.67. The van der Waals surface area contributed by atoms with E-state index in [-0.39, 0.29) is 0 Å². The second-order valence-corrected chi connectivity index (χ2v) is 2.72. The fourth-order valence-corrected chi connectivity index (χ4v) is 1.05. The number of aryl methyl sites for hydroxylation is 2. The quantitative estimate of drug-likeness (QED) is 0.469. The molecule has 0 saturated heterocycles. The van der Waals surface area contributed by atoms with Crippen LogP contribution in [0.15, 0.2) is 28.2 Å². The van der Waals surface area contributed by atoms with Crippen molar-refractivity contribution >= 4 is 18.7 Å². The first kappa shape index (κ1) is 8.65. The van der Waals surface area contributed by atoms with E-state index in [2.05, 4.69) is 29.7 Å². The first-order chi connectivity index (χ1) is 5.74. The van der Waals surface area contributed by atoms with E-state index < -0.39 is 0 Å². The summed E-state index contributed by atoms with van der Waals surface area (Å²) in [6.07, 6.45) is 1.46. The molecule has 0 bridgehead atoms. The fraction of sp³-hybridized carbons (Fsp3) is 0.200. The molecule has 0 aliphatic rings. The van der Waals surface area contributed by atoms with Crippen molar-refractivity contribution in [2.45, 2.75) is 13.8 Å². The third-order valence-electron chi connectivity index (χ3n) is 1.63. The molecule has 1 aromatic rings. The number of hydrogen-bond acceptors (Lipinski definition) is 1. The maximum Gasteiger partial charge on any atom is 0.115 e. The molecule has 0 heterocycles. The maximum atomic E-state index is 4.11. The zero-order valence-electron chi connectivity index (χ0n) is 7.41. The summed E-state index contributed by atoms with van der Waals surface area (Å²) < 4.78 is 0. The van der Waals surface area contributed by atoms with E-state index in [1.54, 1.807) is 0 Å².